The van der Waals surface area contributed by atoms with Crippen molar-refractivity contribution in [3.8, 4) is 0 Å². The fraction of sp³-hybridized carbons (Fsp3) is 0.892. The lowest BCUT2D eigenvalue weighted by Crippen LogP contribution is -2.45. The summed E-state index contributed by atoms with van der Waals surface area (Å²) in [7, 11) is 0. The topological polar surface area (TPSA) is 95.9 Å². The Balaban J connectivity index is 3.36. The van der Waals surface area contributed by atoms with Crippen LogP contribution in [0.3, 0.4) is 0 Å². The van der Waals surface area contributed by atoms with Gasteiger partial charge in [0.15, 0.2) is 0 Å². The molecule has 0 rings (SSSR count). The van der Waals surface area contributed by atoms with Crippen LogP contribution in [0.4, 0.5) is 0 Å². The summed E-state index contributed by atoms with van der Waals surface area (Å²) in [6.45, 7) is 4.90. The molecular weight excluding hydrogens is 983 g/mol. The maximum atomic E-state index is 12.5. The van der Waals surface area contributed by atoms with Crippen LogP contribution in [0.5, 0.6) is 0 Å². The first kappa shape index (κ1) is 78.1. The zero-order chi connectivity index (χ0) is 57.8. The third-order valence-electron chi connectivity index (χ3n) is 16.9. The second kappa shape index (κ2) is 69.6. The van der Waals surface area contributed by atoms with Gasteiger partial charge in [0.2, 0.25) is 5.91 Å². The summed E-state index contributed by atoms with van der Waals surface area (Å²) in [6.07, 6.45) is 89.6. The molecule has 0 aromatic heterocycles. The van der Waals surface area contributed by atoms with Crippen LogP contribution >= 0.6 is 0 Å². The zero-order valence-corrected chi connectivity index (χ0v) is 54.1. The smallest absolute Gasteiger partial charge is 0.305 e. The Kier molecular flexibility index (Phi) is 67.9. The van der Waals surface area contributed by atoms with E-state index in [0.29, 0.717) is 19.4 Å². The molecule has 0 saturated heterocycles. The molecule has 6 heteroatoms. The number of aliphatic hydroxyl groups excluding tert-OH is 2. The van der Waals surface area contributed by atoms with Crippen molar-refractivity contribution in [2.24, 2.45) is 0 Å². The summed E-state index contributed by atoms with van der Waals surface area (Å²) >= 11 is 0. The van der Waals surface area contributed by atoms with Crippen molar-refractivity contribution in [2.45, 2.75) is 411 Å². The SMILES string of the molecule is CCCC/C=C\CCCCCCCC(=O)OCCCCCCCCCCCCCCCC/C=C\CCCCCCCCCCCCCCCCCCCC(=O)NC(CO)C(O)/C=C/CCCCCCCCCCCCCCCCC. The molecule has 0 aromatic carbocycles. The van der Waals surface area contributed by atoms with E-state index in [1.165, 1.54) is 327 Å². The molecule has 0 bridgehead atoms. The van der Waals surface area contributed by atoms with Crippen molar-refractivity contribution in [3.63, 3.8) is 0 Å². The van der Waals surface area contributed by atoms with Crippen molar-refractivity contribution < 1.29 is 24.5 Å². The second-order valence-electron chi connectivity index (χ2n) is 24.9. The minimum Gasteiger partial charge on any atom is -0.466 e. The summed E-state index contributed by atoms with van der Waals surface area (Å²) in [5.74, 6) is -0.0523. The maximum absolute atomic E-state index is 12.5. The van der Waals surface area contributed by atoms with Gasteiger partial charge in [-0.1, -0.05) is 346 Å². The van der Waals surface area contributed by atoms with E-state index in [-0.39, 0.29) is 18.5 Å². The summed E-state index contributed by atoms with van der Waals surface area (Å²) in [5, 5.41) is 23.2. The van der Waals surface area contributed by atoms with E-state index in [2.05, 4.69) is 43.5 Å². The minimum absolute atomic E-state index is 0.00909. The molecule has 0 aliphatic heterocycles. The number of amides is 1. The first-order chi connectivity index (χ1) is 39.5. The van der Waals surface area contributed by atoms with Gasteiger partial charge in [-0.25, -0.2) is 0 Å². The number of nitrogens with one attached hydrogen (secondary N) is 1. The molecule has 0 spiro atoms. The molecule has 3 N–H and O–H groups in total. The molecule has 0 aliphatic rings. The Morgan fingerprint density at radius 3 is 0.925 bits per heavy atom. The number of hydrogen-bond acceptors (Lipinski definition) is 5. The largest absolute Gasteiger partial charge is 0.466 e. The zero-order valence-electron chi connectivity index (χ0n) is 54.1. The number of ether oxygens (including phenoxy) is 1. The van der Waals surface area contributed by atoms with Crippen molar-refractivity contribution in [1.29, 1.82) is 0 Å². The van der Waals surface area contributed by atoms with Crippen LogP contribution in [-0.4, -0.2) is 47.4 Å². The second-order valence-corrected chi connectivity index (χ2v) is 24.9. The van der Waals surface area contributed by atoms with Gasteiger partial charge in [-0.3, -0.25) is 9.59 Å². The van der Waals surface area contributed by atoms with Gasteiger partial charge in [0.25, 0.3) is 0 Å². The molecule has 2 atom stereocenters. The average Bonchev–Trinajstić information content (AvgIpc) is 3.46. The molecule has 2 unspecified atom stereocenters. The van der Waals surface area contributed by atoms with E-state index in [1.54, 1.807) is 6.08 Å². The number of esters is 1. The van der Waals surface area contributed by atoms with Crippen LogP contribution in [-0.2, 0) is 14.3 Å². The number of carbonyl (C=O) groups excluding carboxylic acids is 2. The van der Waals surface area contributed by atoms with Crippen molar-refractivity contribution in [3.05, 3.63) is 36.5 Å². The van der Waals surface area contributed by atoms with Crippen molar-refractivity contribution >= 4 is 11.9 Å². The summed E-state index contributed by atoms with van der Waals surface area (Å²) in [5.41, 5.74) is 0. The fourth-order valence-corrected chi connectivity index (χ4v) is 11.3. The van der Waals surface area contributed by atoms with Crippen molar-refractivity contribution in [1.82, 2.24) is 5.32 Å². The van der Waals surface area contributed by atoms with Gasteiger partial charge < -0.3 is 20.3 Å². The lowest BCUT2D eigenvalue weighted by Gasteiger charge is -2.20. The lowest BCUT2D eigenvalue weighted by molar-refractivity contribution is -0.143. The molecular formula is C74H141NO5. The van der Waals surface area contributed by atoms with E-state index in [9.17, 15) is 19.8 Å². The molecule has 0 heterocycles. The highest BCUT2D eigenvalue weighted by Crippen LogP contribution is 2.19. The van der Waals surface area contributed by atoms with Gasteiger partial charge in [-0.2, -0.15) is 0 Å². The van der Waals surface area contributed by atoms with E-state index < -0.39 is 12.1 Å². The Bertz CT molecular complexity index is 1300. The third-order valence-corrected chi connectivity index (χ3v) is 16.9. The van der Waals surface area contributed by atoms with Gasteiger partial charge in [0.1, 0.15) is 0 Å². The Morgan fingerprint density at radius 2 is 0.600 bits per heavy atom. The summed E-state index contributed by atoms with van der Waals surface area (Å²) < 4.78 is 5.47. The molecule has 472 valence electrons. The first-order valence-electron chi connectivity index (χ1n) is 36.3. The highest BCUT2D eigenvalue weighted by atomic mass is 16.5. The fourth-order valence-electron chi connectivity index (χ4n) is 11.3. The normalized spacial score (nSPS) is 12.7. The molecule has 0 radical (unpaired) electrons. The summed E-state index contributed by atoms with van der Waals surface area (Å²) in [6, 6.07) is -0.625. The number of aliphatic hydroxyl groups is 2. The maximum Gasteiger partial charge on any atom is 0.305 e. The first-order valence-corrected chi connectivity index (χ1v) is 36.3. The molecule has 0 saturated carbocycles. The molecule has 6 nitrogen and oxygen atoms in total. The molecule has 0 aliphatic carbocycles. The standard InChI is InChI=1S/C74H141NO5/c1-3-5-7-9-11-13-15-16-17-37-40-43-47-50-54-58-62-66-72(77)71(70-76)75-73(78)67-63-59-55-51-48-44-41-38-35-33-31-29-27-25-23-21-19-18-20-22-24-26-28-30-32-34-36-39-42-45-49-53-57-61-65-69-80-74(79)68-64-60-56-52-46-14-12-10-8-6-4-2/h10,12,20,22,62,66,71-72,76-77H,3-9,11,13-19,21,23-61,63-65,67-70H2,1-2H3,(H,75,78)/b12-10-,22-20-,66-62+. The Labute approximate surface area is 500 Å². The Hall–Kier alpha value is -1.92. The quantitative estimate of drug-likeness (QED) is 0.0320. The third kappa shape index (κ3) is 65.2. The van der Waals surface area contributed by atoms with Crippen molar-refractivity contribution in [2.75, 3.05) is 13.2 Å². The minimum atomic E-state index is -0.842. The number of rotatable bonds is 68. The van der Waals surface area contributed by atoms with E-state index in [1.807, 2.05) is 6.08 Å². The van der Waals surface area contributed by atoms with E-state index >= 15 is 0 Å². The van der Waals surface area contributed by atoms with Crippen LogP contribution in [0.15, 0.2) is 36.5 Å². The van der Waals surface area contributed by atoms with Crippen LogP contribution in [0.1, 0.15) is 399 Å². The van der Waals surface area contributed by atoms with E-state index in [4.69, 9.17) is 4.74 Å². The molecule has 0 aromatic rings. The summed E-state index contributed by atoms with van der Waals surface area (Å²) in [4.78, 5) is 24.5. The number of hydrogen-bond donors (Lipinski definition) is 3. The number of unbranched alkanes of at least 4 members (excludes halogenated alkanes) is 53. The molecule has 80 heavy (non-hydrogen) atoms. The van der Waals surface area contributed by atoms with Gasteiger partial charge in [0, 0.05) is 12.8 Å². The average molecular weight is 1120 g/mol. The van der Waals surface area contributed by atoms with Gasteiger partial charge in [0.05, 0.1) is 25.4 Å². The highest BCUT2D eigenvalue weighted by molar-refractivity contribution is 5.76. The van der Waals surface area contributed by atoms with Crippen LogP contribution in [0.25, 0.3) is 0 Å². The molecule has 1 amide bonds. The predicted octanol–water partition coefficient (Wildman–Crippen LogP) is 23.5. The number of carbonyl (C=O) groups is 2. The lowest BCUT2D eigenvalue weighted by atomic mass is 10.0. The predicted molar refractivity (Wildman–Crippen MR) is 352 cm³/mol. The number of allylic oxidation sites excluding steroid dienone is 5. The van der Waals surface area contributed by atoms with E-state index in [0.717, 1.165) is 44.9 Å². The molecule has 0 fully saturated rings. The van der Waals surface area contributed by atoms with Crippen LogP contribution in [0, 0.1) is 0 Å². The highest BCUT2D eigenvalue weighted by Gasteiger charge is 2.18. The van der Waals surface area contributed by atoms with Gasteiger partial charge in [-0.05, 0) is 77.0 Å². The Morgan fingerprint density at radius 1 is 0.338 bits per heavy atom. The van der Waals surface area contributed by atoms with Crippen LogP contribution < -0.4 is 5.32 Å². The van der Waals surface area contributed by atoms with Gasteiger partial charge >= 0.3 is 5.97 Å². The van der Waals surface area contributed by atoms with Gasteiger partial charge in [-0.15, -0.1) is 0 Å². The monoisotopic (exact) mass is 1120 g/mol. The van der Waals surface area contributed by atoms with Crippen LogP contribution in [0.2, 0.25) is 0 Å².